The Bertz CT molecular complexity index is 1120. The highest BCUT2D eigenvalue weighted by atomic mass is 16.5. The molecule has 1 unspecified atom stereocenters. The van der Waals surface area contributed by atoms with E-state index >= 15 is 0 Å². The van der Waals surface area contributed by atoms with E-state index in [1.54, 1.807) is 43.5 Å². The molecule has 4 rings (SSSR count). The van der Waals surface area contributed by atoms with Crippen LogP contribution < -0.4 is 10.1 Å². The van der Waals surface area contributed by atoms with Gasteiger partial charge in [0.25, 0.3) is 5.91 Å². The van der Waals surface area contributed by atoms with Gasteiger partial charge in [-0.2, -0.15) is 14.3 Å². The van der Waals surface area contributed by atoms with Gasteiger partial charge in [-0.25, -0.2) is 4.79 Å². The fourth-order valence-electron chi connectivity index (χ4n) is 3.58. The Hall–Kier alpha value is -4.07. The zero-order chi connectivity index (χ0) is 22.5. The van der Waals surface area contributed by atoms with Crippen molar-refractivity contribution in [3.63, 3.8) is 0 Å². The van der Waals surface area contributed by atoms with Crippen molar-refractivity contribution >= 4 is 29.8 Å². The van der Waals surface area contributed by atoms with Crippen LogP contribution in [-0.4, -0.2) is 58.9 Å². The normalized spacial score (nSPS) is 17.4. The van der Waals surface area contributed by atoms with Crippen LogP contribution in [0.3, 0.4) is 0 Å². The number of allylic oxidation sites excluding steroid dienone is 1. The van der Waals surface area contributed by atoms with Crippen molar-refractivity contribution in [3.05, 3.63) is 77.9 Å². The van der Waals surface area contributed by atoms with E-state index in [0.717, 1.165) is 16.0 Å². The number of benzene rings is 2. The first-order valence-corrected chi connectivity index (χ1v) is 10.2. The van der Waals surface area contributed by atoms with Gasteiger partial charge >= 0.3 is 11.9 Å². The molecule has 0 spiro atoms. The minimum Gasteiger partial charge on any atom is -0.497 e. The number of dihydropyridines is 1. The Labute approximate surface area is 185 Å². The van der Waals surface area contributed by atoms with E-state index in [4.69, 9.17) is 4.74 Å². The van der Waals surface area contributed by atoms with E-state index in [0.29, 0.717) is 18.0 Å². The summed E-state index contributed by atoms with van der Waals surface area (Å²) in [6.07, 6.45) is 4.84. The lowest BCUT2D eigenvalue weighted by atomic mass is 10.0. The fraction of sp³-hybridized carbons (Fsp3) is 0.208. The molecule has 2 aromatic carbocycles. The van der Waals surface area contributed by atoms with Crippen LogP contribution in [0.25, 0.3) is 0 Å². The van der Waals surface area contributed by atoms with Crippen molar-refractivity contribution in [2.24, 2.45) is 4.99 Å². The molecule has 2 aliphatic heterocycles. The number of nitrogens with zero attached hydrogens (tertiary/aromatic N) is 3. The Morgan fingerprint density at radius 3 is 2.56 bits per heavy atom. The molecule has 0 saturated heterocycles. The molecule has 0 fully saturated rings. The number of methoxy groups -OCH3 is 1. The van der Waals surface area contributed by atoms with Gasteiger partial charge < -0.3 is 10.1 Å². The Morgan fingerprint density at radius 1 is 1.09 bits per heavy atom. The zero-order valence-corrected chi connectivity index (χ0v) is 17.6. The van der Waals surface area contributed by atoms with Crippen LogP contribution >= 0.6 is 0 Å². The number of nitrogens with one attached hydrogen (secondary N) is 1. The SMILES string of the molecule is COc1ccc(CN2C(=O)C3N=CC=CC3=[N+](CC(=O)NCc3ccccc3)C2=O)cc1. The summed E-state index contributed by atoms with van der Waals surface area (Å²) in [4.78, 5) is 44.3. The zero-order valence-electron chi connectivity index (χ0n) is 17.6. The molecule has 32 heavy (non-hydrogen) atoms. The third-order valence-corrected chi connectivity index (χ3v) is 5.28. The van der Waals surface area contributed by atoms with Gasteiger partial charge in [0, 0.05) is 12.8 Å². The second kappa shape index (κ2) is 9.38. The van der Waals surface area contributed by atoms with E-state index < -0.39 is 18.0 Å². The van der Waals surface area contributed by atoms with Crippen molar-refractivity contribution in [2.75, 3.05) is 13.7 Å². The van der Waals surface area contributed by atoms with Crippen LogP contribution in [0.1, 0.15) is 11.1 Å². The smallest absolute Gasteiger partial charge is 0.497 e. The first-order chi connectivity index (χ1) is 15.6. The standard InChI is InChI=1S/C24H22N4O4/c1-32-19-11-9-18(10-12-19)15-28-23(30)22-20(8-5-13-25-22)27(24(28)31)16-21(29)26-14-17-6-3-2-4-7-17/h2-13,22H,14-16H2,1H3/p+1. The van der Waals surface area contributed by atoms with E-state index in [1.807, 2.05) is 30.3 Å². The largest absolute Gasteiger partial charge is 0.501 e. The lowest BCUT2D eigenvalue weighted by Crippen LogP contribution is -2.57. The van der Waals surface area contributed by atoms with Crippen LogP contribution in [0, 0.1) is 0 Å². The number of urea groups is 1. The van der Waals surface area contributed by atoms with Gasteiger partial charge in [-0.3, -0.25) is 9.79 Å². The molecular formula is C24H23N4O4+. The maximum atomic E-state index is 13.2. The number of hydrogen-bond acceptors (Lipinski definition) is 5. The molecule has 0 radical (unpaired) electrons. The molecule has 1 atom stereocenters. The van der Waals surface area contributed by atoms with Crippen LogP contribution in [0.15, 0.2) is 71.7 Å². The summed E-state index contributed by atoms with van der Waals surface area (Å²) in [5.74, 6) is -0.0584. The lowest BCUT2D eigenvalue weighted by Gasteiger charge is -2.26. The predicted molar refractivity (Wildman–Crippen MR) is 119 cm³/mol. The van der Waals surface area contributed by atoms with Crippen molar-refractivity contribution in [1.82, 2.24) is 10.2 Å². The molecule has 0 aliphatic carbocycles. The van der Waals surface area contributed by atoms with Gasteiger partial charge in [0.15, 0.2) is 6.54 Å². The number of hydrogen-bond donors (Lipinski definition) is 1. The van der Waals surface area contributed by atoms with Crippen LogP contribution in [0.2, 0.25) is 0 Å². The summed E-state index contributed by atoms with van der Waals surface area (Å²) in [6.45, 7) is 0.222. The number of carbonyl (C=O) groups excluding carboxylic acids is 3. The predicted octanol–water partition coefficient (Wildman–Crippen LogP) is 1.94. The first kappa shape index (κ1) is 21.2. The van der Waals surface area contributed by atoms with Crippen molar-refractivity contribution in [1.29, 1.82) is 0 Å². The number of amides is 4. The quantitative estimate of drug-likeness (QED) is 0.679. The third-order valence-electron chi connectivity index (χ3n) is 5.28. The first-order valence-electron chi connectivity index (χ1n) is 10.2. The highest BCUT2D eigenvalue weighted by molar-refractivity contribution is 6.20. The molecule has 162 valence electrons. The summed E-state index contributed by atoms with van der Waals surface area (Å²) < 4.78 is 6.48. The lowest BCUT2D eigenvalue weighted by molar-refractivity contribution is -0.428. The molecule has 0 aromatic heterocycles. The molecule has 8 heteroatoms. The number of rotatable bonds is 7. The highest BCUT2D eigenvalue weighted by Crippen LogP contribution is 2.19. The second-order valence-electron chi connectivity index (χ2n) is 7.39. The average Bonchev–Trinajstić information content (AvgIpc) is 2.84. The molecule has 0 bridgehead atoms. The maximum absolute atomic E-state index is 13.2. The number of carbonyl (C=O) groups is 3. The van der Waals surface area contributed by atoms with Crippen molar-refractivity contribution in [2.45, 2.75) is 19.1 Å². The van der Waals surface area contributed by atoms with Gasteiger partial charge in [0.05, 0.1) is 7.11 Å². The molecule has 2 heterocycles. The summed E-state index contributed by atoms with van der Waals surface area (Å²) in [5.41, 5.74) is 2.12. The van der Waals surface area contributed by atoms with Gasteiger partial charge in [0.1, 0.15) is 18.0 Å². The summed E-state index contributed by atoms with van der Waals surface area (Å²) in [6, 6.07) is 15.2. The van der Waals surface area contributed by atoms with Crippen LogP contribution in [0.5, 0.6) is 5.75 Å². The van der Waals surface area contributed by atoms with Gasteiger partial charge in [-0.15, -0.1) is 0 Å². The summed E-state index contributed by atoms with van der Waals surface area (Å²) >= 11 is 0. The maximum Gasteiger partial charge on any atom is 0.501 e. The second-order valence-corrected chi connectivity index (χ2v) is 7.39. The third kappa shape index (κ3) is 4.49. The van der Waals surface area contributed by atoms with Crippen molar-refractivity contribution < 1.29 is 23.7 Å². The monoisotopic (exact) mass is 431 g/mol. The average molecular weight is 431 g/mol. The van der Waals surface area contributed by atoms with E-state index in [2.05, 4.69) is 10.3 Å². The molecule has 8 nitrogen and oxygen atoms in total. The van der Waals surface area contributed by atoms with Gasteiger partial charge in [-0.05, 0) is 35.4 Å². The van der Waals surface area contributed by atoms with Gasteiger partial charge in [0.2, 0.25) is 6.04 Å². The van der Waals surface area contributed by atoms with E-state index in [9.17, 15) is 14.4 Å². The summed E-state index contributed by atoms with van der Waals surface area (Å²) in [5, 5.41) is 2.82. The number of imide groups is 1. The molecule has 1 N–H and O–H groups in total. The highest BCUT2D eigenvalue weighted by Gasteiger charge is 2.48. The molecule has 4 amide bonds. The fourth-order valence-corrected chi connectivity index (χ4v) is 3.58. The van der Waals surface area contributed by atoms with E-state index in [-0.39, 0.29) is 19.0 Å². The number of aliphatic imine (C=N–C) groups is 1. The Balaban J connectivity index is 1.54. The molecule has 2 aliphatic rings. The topological polar surface area (TPSA) is 91.1 Å². The Kier molecular flexibility index (Phi) is 6.21. The summed E-state index contributed by atoms with van der Waals surface area (Å²) in [7, 11) is 1.57. The number of ether oxygens (including phenoxy) is 1. The molecule has 2 aromatic rings. The minimum atomic E-state index is -0.849. The minimum absolute atomic E-state index is 0.0762. The van der Waals surface area contributed by atoms with Crippen LogP contribution in [0.4, 0.5) is 4.79 Å². The molecular weight excluding hydrogens is 408 g/mol. The van der Waals surface area contributed by atoms with Crippen LogP contribution in [-0.2, 0) is 22.7 Å². The molecule has 0 saturated carbocycles. The van der Waals surface area contributed by atoms with Gasteiger partial charge in [-0.1, -0.05) is 42.5 Å². The Morgan fingerprint density at radius 2 is 1.84 bits per heavy atom. The number of fused-ring (bicyclic) bond motifs is 1. The van der Waals surface area contributed by atoms with Crippen molar-refractivity contribution in [3.8, 4) is 5.75 Å². The van der Waals surface area contributed by atoms with E-state index in [1.165, 1.54) is 10.8 Å².